The molecule has 0 saturated carbocycles. The normalized spacial score (nSPS) is 12.4. The quantitative estimate of drug-likeness (QED) is 0.257. The van der Waals surface area contributed by atoms with Crippen LogP contribution in [0.2, 0.25) is 0 Å². The van der Waals surface area contributed by atoms with Crippen molar-refractivity contribution in [2.75, 3.05) is 19.7 Å². The molecule has 0 heterocycles. The molecule has 9 nitrogen and oxygen atoms in total. The van der Waals surface area contributed by atoms with E-state index in [0.29, 0.717) is 5.56 Å². The van der Waals surface area contributed by atoms with Crippen LogP contribution in [0.5, 0.6) is 0 Å². The van der Waals surface area contributed by atoms with E-state index in [1.807, 2.05) is 61.5 Å². The molecule has 2 N–H and O–H groups in total. The second kappa shape index (κ2) is 16.2. The van der Waals surface area contributed by atoms with Gasteiger partial charge in [-0.2, -0.15) is 0 Å². The molecule has 0 aliphatic heterocycles. The third kappa shape index (κ3) is 11.1. The predicted octanol–water partition coefficient (Wildman–Crippen LogP) is 4.51. The van der Waals surface area contributed by atoms with E-state index in [9.17, 15) is 19.2 Å². The van der Waals surface area contributed by atoms with E-state index >= 15 is 0 Å². The van der Waals surface area contributed by atoms with Gasteiger partial charge in [-0.3, -0.25) is 14.4 Å². The Morgan fingerprint density at radius 2 is 1.63 bits per heavy atom. The molecular weight excluding hydrogens is 522 g/mol. The minimum absolute atomic E-state index is 0.00664. The number of hydrogen-bond donors (Lipinski definition) is 2. The van der Waals surface area contributed by atoms with E-state index in [0.717, 1.165) is 17.5 Å². The summed E-state index contributed by atoms with van der Waals surface area (Å²) in [6.45, 7) is 13.1. The first-order valence-corrected chi connectivity index (χ1v) is 14.0. The summed E-state index contributed by atoms with van der Waals surface area (Å²) in [5.74, 6) is -1.38. The van der Waals surface area contributed by atoms with Gasteiger partial charge in [0.15, 0.2) is 0 Å². The summed E-state index contributed by atoms with van der Waals surface area (Å²) in [4.78, 5) is 53.9. The van der Waals surface area contributed by atoms with E-state index in [4.69, 9.17) is 9.47 Å². The standard InChI is InChI=1S/C32H43N3O6/c1-7-21-35(30(38)26(22-24-13-11-10-12-14-24)34-31(39)41-32(4,5)6)28(25-17-15-23(8-2)16-18-25)29(37)33-20-19-27(36)40-9-3/h7,10-18,26,28H,1,8-9,19-22H2,2-6H3,(H,33,37)(H,34,39). The fourth-order valence-electron chi connectivity index (χ4n) is 4.19. The topological polar surface area (TPSA) is 114 Å². The third-order valence-corrected chi connectivity index (χ3v) is 6.08. The zero-order valence-electron chi connectivity index (χ0n) is 24.8. The molecular formula is C32H43N3O6. The molecule has 0 spiro atoms. The van der Waals surface area contributed by atoms with Crippen molar-refractivity contribution in [1.82, 2.24) is 15.5 Å². The molecule has 0 radical (unpaired) electrons. The number of esters is 1. The van der Waals surface area contributed by atoms with E-state index < -0.39 is 41.6 Å². The number of nitrogens with one attached hydrogen (secondary N) is 2. The lowest BCUT2D eigenvalue weighted by Crippen LogP contribution is -2.54. The van der Waals surface area contributed by atoms with Crippen molar-refractivity contribution in [3.63, 3.8) is 0 Å². The minimum Gasteiger partial charge on any atom is -0.466 e. The predicted molar refractivity (Wildman–Crippen MR) is 158 cm³/mol. The zero-order chi connectivity index (χ0) is 30.4. The molecule has 2 aromatic rings. The summed E-state index contributed by atoms with van der Waals surface area (Å²) in [7, 11) is 0. The Morgan fingerprint density at radius 1 is 0.976 bits per heavy atom. The lowest BCUT2D eigenvalue weighted by Gasteiger charge is -2.34. The average molecular weight is 566 g/mol. The summed E-state index contributed by atoms with van der Waals surface area (Å²) in [5.41, 5.74) is 1.71. The Bertz CT molecular complexity index is 1160. The summed E-state index contributed by atoms with van der Waals surface area (Å²) in [5, 5.41) is 5.49. The maximum Gasteiger partial charge on any atom is 0.408 e. The van der Waals surface area contributed by atoms with Gasteiger partial charge in [0.1, 0.15) is 17.7 Å². The number of benzene rings is 2. The van der Waals surface area contributed by atoms with Gasteiger partial charge in [0.25, 0.3) is 0 Å². The highest BCUT2D eigenvalue weighted by atomic mass is 16.6. The second-order valence-corrected chi connectivity index (χ2v) is 10.5. The van der Waals surface area contributed by atoms with Gasteiger partial charge in [-0.15, -0.1) is 6.58 Å². The van der Waals surface area contributed by atoms with Crippen molar-refractivity contribution in [3.05, 3.63) is 83.9 Å². The van der Waals surface area contributed by atoms with Crippen molar-refractivity contribution in [1.29, 1.82) is 0 Å². The Balaban J connectivity index is 2.46. The van der Waals surface area contributed by atoms with Crippen LogP contribution in [-0.2, 0) is 36.7 Å². The molecule has 2 rings (SSSR count). The summed E-state index contributed by atoms with van der Waals surface area (Å²) >= 11 is 0. The zero-order valence-corrected chi connectivity index (χ0v) is 24.8. The highest BCUT2D eigenvalue weighted by Crippen LogP contribution is 2.24. The molecule has 0 aliphatic rings. The molecule has 0 bridgehead atoms. The van der Waals surface area contributed by atoms with E-state index in [-0.39, 0.29) is 32.5 Å². The number of alkyl carbamates (subject to hydrolysis) is 1. The molecule has 0 aliphatic carbocycles. The average Bonchev–Trinajstić information content (AvgIpc) is 2.92. The highest BCUT2D eigenvalue weighted by Gasteiger charge is 2.36. The third-order valence-electron chi connectivity index (χ3n) is 6.08. The lowest BCUT2D eigenvalue weighted by atomic mass is 9.99. The van der Waals surface area contributed by atoms with Gasteiger partial charge in [-0.25, -0.2) is 4.79 Å². The number of aryl methyl sites for hydroxylation is 1. The van der Waals surface area contributed by atoms with E-state index in [1.165, 1.54) is 11.0 Å². The van der Waals surface area contributed by atoms with Gasteiger partial charge >= 0.3 is 12.1 Å². The SMILES string of the molecule is C=CCN(C(=O)C(Cc1ccccc1)NC(=O)OC(C)(C)C)C(C(=O)NCCC(=O)OCC)c1ccc(CC)cc1. The number of carbonyl (C=O) groups is 4. The van der Waals surface area contributed by atoms with Crippen molar-refractivity contribution in [2.45, 2.75) is 71.6 Å². The Hall–Kier alpha value is -4.14. The van der Waals surface area contributed by atoms with Crippen LogP contribution in [0.1, 0.15) is 63.8 Å². The lowest BCUT2D eigenvalue weighted by molar-refractivity contribution is -0.144. The number of nitrogens with zero attached hydrogens (tertiary/aromatic N) is 1. The van der Waals surface area contributed by atoms with E-state index in [2.05, 4.69) is 17.2 Å². The van der Waals surface area contributed by atoms with Gasteiger partial charge in [-0.1, -0.05) is 67.6 Å². The largest absolute Gasteiger partial charge is 0.466 e. The van der Waals surface area contributed by atoms with Crippen LogP contribution in [-0.4, -0.2) is 60.1 Å². The number of ether oxygens (including phenoxy) is 2. The maximum absolute atomic E-state index is 14.2. The fraction of sp³-hybridized carbons (Fsp3) is 0.438. The Morgan fingerprint density at radius 3 is 2.20 bits per heavy atom. The van der Waals surface area contributed by atoms with Crippen LogP contribution < -0.4 is 10.6 Å². The molecule has 41 heavy (non-hydrogen) atoms. The molecule has 2 aromatic carbocycles. The second-order valence-electron chi connectivity index (χ2n) is 10.5. The van der Waals surface area contributed by atoms with Crippen LogP contribution >= 0.6 is 0 Å². The molecule has 9 heteroatoms. The number of rotatable bonds is 14. The van der Waals surface area contributed by atoms with Gasteiger partial charge < -0.3 is 25.0 Å². The molecule has 0 saturated heterocycles. The Kier molecular flexibility index (Phi) is 13.1. The van der Waals surface area contributed by atoms with Crippen LogP contribution in [0.4, 0.5) is 4.79 Å². The van der Waals surface area contributed by atoms with Crippen molar-refractivity contribution >= 4 is 23.9 Å². The summed E-state index contributed by atoms with van der Waals surface area (Å²) in [6, 6.07) is 14.6. The Labute approximate surface area is 243 Å². The fourth-order valence-corrected chi connectivity index (χ4v) is 4.19. The number of amides is 3. The first kappa shape index (κ1) is 33.1. The number of carbonyl (C=O) groups excluding carboxylic acids is 4. The van der Waals surface area contributed by atoms with Gasteiger partial charge in [0.2, 0.25) is 11.8 Å². The van der Waals surface area contributed by atoms with Crippen LogP contribution in [0.25, 0.3) is 0 Å². The van der Waals surface area contributed by atoms with Crippen molar-refractivity contribution < 1.29 is 28.7 Å². The van der Waals surface area contributed by atoms with Crippen LogP contribution in [0.3, 0.4) is 0 Å². The molecule has 222 valence electrons. The van der Waals surface area contributed by atoms with Gasteiger partial charge in [0.05, 0.1) is 13.0 Å². The van der Waals surface area contributed by atoms with Crippen LogP contribution in [0.15, 0.2) is 67.3 Å². The minimum atomic E-state index is -1.05. The smallest absolute Gasteiger partial charge is 0.408 e. The van der Waals surface area contributed by atoms with Gasteiger partial charge in [-0.05, 0) is 50.8 Å². The van der Waals surface area contributed by atoms with Gasteiger partial charge in [0, 0.05) is 19.5 Å². The van der Waals surface area contributed by atoms with Crippen molar-refractivity contribution in [3.8, 4) is 0 Å². The van der Waals surface area contributed by atoms with Crippen molar-refractivity contribution in [2.24, 2.45) is 0 Å². The molecule has 2 atom stereocenters. The molecule has 3 amide bonds. The highest BCUT2D eigenvalue weighted by molar-refractivity contribution is 5.92. The first-order chi connectivity index (χ1) is 19.5. The molecule has 0 aromatic heterocycles. The summed E-state index contributed by atoms with van der Waals surface area (Å²) < 4.78 is 10.4. The summed E-state index contributed by atoms with van der Waals surface area (Å²) in [6.07, 6.45) is 1.77. The number of hydrogen-bond acceptors (Lipinski definition) is 6. The first-order valence-electron chi connectivity index (χ1n) is 14.0. The monoisotopic (exact) mass is 565 g/mol. The molecule has 0 fully saturated rings. The maximum atomic E-state index is 14.2. The molecule has 2 unspecified atom stereocenters. The van der Waals surface area contributed by atoms with E-state index in [1.54, 1.807) is 27.7 Å². The van der Waals surface area contributed by atoms with Crippen LogP contribution in [0, 0.1) is 0 Å².